The summed E-state index contributed by atoms with van der Waals surface area (Å²) in [5.41, 5.74) is 2.07. The quantitative estimate of drug-likeness (QED) is 0.536. The number of aromatic nitrogens is 3. The maximum atomic E-state index is 12.7. The van der Waals surface area contributed by atoms with Gasteiger partial charge in [-0.15, -0.1) is 0 Å². The van der Waals surface area contributed by atoms with Crippen LogP contribution in [0.15, 0.2) is 59.5 Å². The van der Waals surface area contributed by atoms with Crippen LogP contribution in [0.5, 0.6) is 5.75 Å². The number of fused-ring (bicyclic) bond motifs is 3. The predicted octanol–water partition coefficient (Wildman–Crippen LogP) is 2.99. The van der Waals surface area contributed by atoms with Crippen LogP contribution in [-0.4, -0.2) is 26.4 Å². The van der Waals surface area contributed by atoms with Crippen LogP contribution in [0, 0.1) is 0 Å². The summed E-state index contributed by atoms with van der Waals surface area (Å²) in [5.74, 6) is 0.633. The van der Waals surface area contributed by atoms with Crippen LogP contribution in [0.2, 0.25) is 0 Å². The molecule has 0 saturated carbocycles. The van der Waals surface area contributed by atoms with Crippen LogP contribution >= 0.6 is 0 Å². The topological polar surface area (TPSA) is 78.2 Å². The summed E-state index contributed by atoms with van der Waals surface area (Å²) in [6.07, 6.45) is 1.79. The van der Waals surface area contributed by atoms with Crippen LogP contribution in [0.4, 0.5) is 0 Å². The number of nitrogens with zero attached hydrogens (tertiary/aromatic N) is 3. The van der Waals surface area contributed by atoms with Crippen molar-refractivity contribution in [2.75, 3.05) is 0 Å². The summed E-state index contributed by atoms with van der Waals surface area (Å²) in [6, 6.07) is 15.3. The van der Waals surface area contributed by atoms with E-state index in [1.807, 2.05) is 62.4 Å². The van der Waals surface area contributed by atoms with Gasteiger partial charge < -0.3 is 14.6 Å². The molecular weight excluding hydrogens is 380 g/mol. The van der Waals surface area contributed by atoms with E-state index in [2.05, 4.69) is 10.4 Å². The summed E-state index contributed by atoms with van der Waals surface area (Å²) in [7, 11) is 1.61. The first kappa shape index (κ1) is 19.7. The average Bonchev–Trinajstić information content (AvgIpc) is 3.04. The molecule has 0 aliphatic heterocycles. The summed E-state index contributed by atoms with van der Waals surface area (Å²) >= 11 is 0. The average molecular weight is 404 g/mol. The lowest BCUT2D eigenvalue weighted by Gasteiger charge is -2.11. The SMILES string of the molecule is CC(C)Oc1ccc(CNC(=O)Cn2c3ccccc3c3cnn(C)c(=O)c32)cc1. The van der Waals surface area contributed by atoms with Gasteiger partial charge in [0, 0.05) is 29.9 Å². The number of para-hydroxylation sites is 1. The van der Waals surface area contributed by atoms with E-state index in [1.54, 1.807) is 17.8 Å². The van der Waals surface area contributed by atoms with Gasteiger partial charge in [0.25, 0.3) is 5.56 Å². The summed E-state index contributed by atoms with van der Waals surface area (Å²) in [6.45, 7) is 4.41. The van der Waals surface area contributed by atoms with Crippen molar-refractivity contribution in [1.82, 2.24) is 19.7 Å². The number of aryl methyl sites for hydroxylation is 1. The lowest BCUT2D eigenvalue weighted by molar-refractivity contribution is -0.121. The number of carbonyl (C=O) groups excluding carboxylic acids is 1. The zero-order valence-electron chi connectivity index (χ0n) is 17.3. The fraction of sp³-hybridized carbons (Fsp3) is 0.261. The molecule has 0 unspecified atom stereocenters. The van der Waals surface area contributed by atoms with E-state index in [-0.39, 0.29) is 24.1 Å². The minimum absolute atomic E-state index is 0.0534. The fourth-order valence-corrected chi connectivity index (χ4v) is 3.56. The molecule has 1 amide bonds. The van der Waals surface area contributed by atoms with Crippen LogP contribution in [0.25, 0.3) is 21.8 Å². The van der Waals surface area contributed by atoms with E-state index < -0.39 is 0 Å². The number of hydrogen-bond donors (Lipinski definition) is 1. The van der Waals surface area contributed by atoms with Gasteiger partial charge in [-0.3, -0.25) is 9.59 Å². The third kappa shape index (κ3) is 3.78. The molecule has 0 aliphatic rings. The number of benzene rings is 2. The van der Waals surface area contributed by atoms with Gasteiger partial charge in [0.05, 0.1) is 12.3 Å². The van der Waals surface area contributed by atoms with E-state index in [1.165, 1.54) is 4.68 Å². The van der Waals surface area contributed by atoms with E-state index >= 15 is 0 Å². The minimum Gasteiger partial charge on any atom is -0.491 e. The number of nitrogens with one attached hydrogen (secondary N) is 1. The molecule has 30 heavy (non-hydrogen) atoms. The number of ether oxygens (including phenoxy) is 1. The van der Waals surface area contributed by atoms with Gasteiger partial charge in [-0.05, 0) is 37.6 Å². The normalized spacial score (nSPS) is 11.3. The van der Waals surface area contributed by atoms with Crippen molar-refractivity contribution in [2.45, 2.75) is 33.0 Å². The van der Waals surface area contributed by atoms with Gasteiger partial charge >= 0.3 is 0 Å². The third-order valence-corrected chi connectivity index (χ3v) is 4.95. The maximum Gasteiger partial charge on any atom is 0.291 e. The van der Waals surface area contributed by atoms with Gasteiger partial charge in [0.15, 0.2) is 0 Å². The van der Waals surface area contributed by atoms with Crippen molar-refractivity contribution >= 4 is 27.7 Å². The Bertz CT molecular complexity index is 1270. The Morgan fingerprint density at radius 1 is 1.10 bits per heavy atom. The molecule has 4 rings (SSSR count). The standard InChI is InChI=1S/C23H24N4O3/c1-15(2)30-17-10-8-16(9-11-17)12-24-21(28)14-27-20-7-5-4-6-18(20)19-13-25-26(3)23(29)22(19)27/h4-11,13,15H,12,14H2,1-3H3,(H,24,28). The van der Waals surface area contributed by atoms with E-state index in [9.17, 15) is 9.59 Å². The first-order valence-corrected chi connectivity index (χ1v) is 9.89. The zero-order valence-corrected chi connectivity index (χ0v) is 17.3. The van der Waals surface area contributed by atoms with Crippen LogP contribution < -0.4 is 15.6 Å². The van der Waals surface area contributed by atoms with Gasteiger partial charge in [-0.1, -0.05) is 30.3 Å². The molecule has 0 bridgehead atoms. The molecule has 7 heteroatoms. The number of hydrogen-bond acceptors (Lipinski definition) is 4. The molecule has 0 fully saturated rings. The Morgan fingerprint density at radius 2 is 1.83 bits per heavy atom. The van der Waals surface area contributed by atoms with Crippen molar-refractivity contribution in [2.24, 2.45) is 7.05 Å². The second kappa shape index (κ2) is 8.02. The molecule has 1 N–H and O–H groups in total. The Labute approximate surface area is 173 Å². The zero-order chi connectivity index (χ0) is 21.3. The molecule has 0 spiro atoms. The number of carbonyl (C=O) groups is 1. The monoisotopic (exact) mass is 404 g/mol. The van der Waals surface area contributed by atoms with Gasteiger partial charge in [0.1, 0.15) is 17.8 Å². The van der Waals surface area contributed by atoms with Crippen molar-refractivity contribution < 1.29 is 9.53 Å². The number of rotatable bonds is 6. The van der Waals surface area contributed by atoms with Crippen molar-refractivity contribution in [3.05, 3.63) is 70.6 Å². The van der Waals surface area contributed by atoms with Crippen molar-refractivity contribution in [1.29, 1.82) is 0 Å². The Hall–Kier alpha value is -3.61. The molecule has 7 nitrogen and oxygen atoms in total. The van der Waals surface area contributed by atoms with Gasteiger partial charge in [-0.2, -0.15) is 5.10 Å². The second-order valence-electron chi connectivity index (χ2n) is 7.53. The molecule has 2 aromatic carbocycles. The smallest absolute Gasteiger partial charge is 0.291 e. The van der Waals surface area contributed by atoms with Crippen LogP contribution in [0.1, 0.15) is 19.4 Å². The molecule has 2 aromatic heterocycles. The van der Waals surface area contributed by atoms with Crippen molar-refractivity contribution in [3.63, 3.8) is 0 Å². The lowest BCUT2D eigenvalue weighted by atomic mass is 10.2. The minimum atomic E-state index is -0.225. The fourth-order valence-electron chi connectivity index (χ4n) is 3.56. The molecule has 0 aliphatic carbocycles. The lowest BCUT2D eigenvalue weighted by Crippen LogP contribution is -2.29. The number of amides is 1. The highest BCUT2D eigenvalue weighted by atomic mass is 16.5. The largest absolute Gasteiger partial charge is 0.491 e. The molecule has 2 heterocycles. The summed E-state index contributed by atoms with van der Waals surface area (Å²) in [5, 5.41) is 8.73. The molecule has 4 aromatic rings. The Kier molecular flexibility index (Phi) is 5.27. The molecule has 0 saturated heterocycles. The third-order valence-electron chi connectivity index (χ3n) is 4.95. The highest BCUT2D eigenvalue weighted by Gasteiger charge is 2.16. The first-order valence-electron chi connectivity index (χ1n) is 9.89. The first-order chi connectivity index (χ1) is 14.4. The van der Waals surface area contributed by atoms with Crippen LogP contribution in [0.3, 0.4) is 0 Å². The van der Waals surface area contributed by atoms with Gasteiger partial charge in [0.2, 0.25) is 5.91 Å². The summed E-state index contributed by atoms with van der Waals surface area (Å²) < 4.78 is 8.70. The highest BCUT2D eigenvalue weighted by Crippen LogP contribution is 2.26. The maximum absolute atomic E-state index is 12.7. The highest BCUT2D eigenvalue weighted by molar-refractivity contribution is 6.07. The molecule has 0 atom stereocenters. The van der Waals surface area contributed by atoms with Crippen LogP contribution in [-0.2, 0) is 24.9 Å². The van der Waals surface area contributed by atoms with Crippen molar-refractivity contribution in [3.8, 4) is 5.75 Å². The van der Waals surface area contributed by atoms with E-state index in [0.29, 0.717) is 12.1 Å². The Morgan fingerprint density at radius 3 is 2.57 bits per heavy atom. The van der Waals surface area contributed by atoms with Gasteiger partial charge in [-0.25, -0.2) is 4.68 Å². The predicted molar refractivity (Wildman–Crippen MR) is 117 cm³/mol. The summed E-state index contributed by atoms with van der Waals surface area (Å²) in [4.78, 5) is 25.4. The van der Waals surface area contributed by atoms with E-state index in [0.717, 1.165) is 27.6 Å². The molecule has 0 radical (unpaired) electrons. The van der Waals surface area contributed by atoms with E-state index in [4.69, 9.17) is 4.74 Å². The second-order valence-corrected chi connectivity index (χ2v) is 7.53. The Balaban J connectivity index is 1.56. The molecular formula is C23H24N4O3. The molecule has 154 valence electrons.